The van der Waals surface area contributed by atoms with E-state index in [4.69, 9.17) is 26.2 Å². The van der Waals surface area contributed by atoms with Crippen molar-refractivity contribution in [3.63, 3.8) is 0 Å². The lowest BCUT2D eigenvalue weighted by atomic mass is 10.3. The summed E-state index contributed by atoms with van der Waals surface area (Å²) in [6, 6.07) is 0. The summed E-state index contributed by atoms with van der Waals surface area (Å²) in [6.07, 6.45) is -0.188. The minimum Gasteiger partial charge on any atom is -0.480 e. The molecule has 1 saturated heterocycles. The van der Waals surface area contributed by atoms with Gasteiger partial charge in [-0.05, 0) is 0 Å². The smallest absolute Gasteiger partial charge is 0.480 e. The quantitative estimate of drug-likeness (QED) is 0.696. The SMILES string of the molecule is C#CC1CN(CC(=O)O)CCO1.O=C(O)C(F)(F)F. The van der Waals surface area contributed by atoms with E-state index in [-0.39, 0.29) is 12.6 Å². The Morgan fingerprint density at radius 3 is 2.32 bits per heavy atom. The Bertz CT molecular complexity index is 363. The number of hydrogen-bond donors (Lipinski definition) is 2. The fourth-order valence-corrected chi connectivity index (χ4v) is 1.14. The molecule has 1 unspecified atom stereocenters. The molecule has 6 nitrogen and oxygen atoms in total. The van der Waals surface area contributed by atoms with Crippen molar-refractivity contribution in [1.29, 1.82) is 0 Å². The lowest BCUT2D eigenvalue weighted by molar-refractivity contribution is -0.192. The molecule has 0 saturated carbocycles. The Kier molecular flexibility index (Phi) is 6.89. The number of halogens is 3. The number of aliphatic carboxylic acids is 2. The molecule has 9 heteroatoms. The largest absolute Gasteiger partial charge is 0.490 e. The van der Waals surface area contributed by atoms with Crippen LogP contribution < -0.4 is 0 Å². The monoisotopic (exact) mass is 283 g/mol. The van der Waals surface area contributed by atoms with Crippen LogP contribution in [0.2, 0.25) is 0 Å². The number of morpholine rings is 1. The molecule has 1 rings (SSSR count). The van der Waals surface area contributed by atoms with Gasteiger partial charge in [0.05, 0.1) is 13.2 Å². The van der Waals surface area contributed by atoms with Crippen LogP contribution in [0.4, 0.5) is 13.2 Å². The van der Waals surface area contributed by atoms with Gasteiger partial charge >= 0.3 is 18.1 Å². The summed E-state index contributed by atoms with van der Waals surface area (Å²) in [7, 11) is 0. The molecule has 0 radical (unpaired) electrons. The minimum atomic E-state index is -5.08. The number of rotatable bonds is 2. The number of carbonyl (C=O) groups is 2. The molecule has 1 aliphatic heterocycles. The molecule has 0 aromatic rings. The highest BCUT2D eigenvalue weighted by Gasteiger charge is 2.38. The molecule has 0 bridgehead atoms. The number of alkyl halides is 3. The van der Waals surface area contributed by atoms with E-state index in [1.807, 2.05) is 0 Å². The first-order chi connectivity index (χ1) is 8.66. The van der Waals surface area contributed by atoms with Crippen molar-refractivity contribution in [2.75, 3.05) is 26.2 Å². The zero-order valence-corrected chi connectivity index (χ0v) is 9.68. The Labute approximate surface area is 106 Å². The van der Waals surface area contributed by atoms with Crippen LogP contribution in [0.25, 0.3) is 0 Å². The maximum atomic E-state index is 10.6. The predicted octanol–water partition coefficient (Wildman–Crippen LogP) is 0.0383. The van der Waals surface area contributed by atoms with E-state index < -0.39 is 18.1 Å². The highest BCUT2D eigenvalue weighted by Crippen LogP contribution is 2.13. The van der Waals surface area contributed by atoms with Gasteiger partial charge in [-0.15, -0.1) is 6.42 Å². The molecule has 108 valence electrons. The zero-order valence-electron chi connectivity index (χ0n) is 9.68. The van der Waals surface area contributed by atoms with E-state index in [9.17, 15) is 18.0 Å². The molecular formula is C10H12F3NO5. The summed E-state index contributed by atoms with van der Waals surface area (Å²) in [5, 5.41) is 15.6. The number of carboxylic acids is 2. The van der Waals surface area contributed by atoms with Gasteiger partial charge in [0.2, 0.25) is 0 Å². The van der Waals surface area contributed by atoms with Crippen molar-refractivity contribution in [3.05, 3.63) is 0 Å². The third-order valence-electron chi connectivity index (χ3n) is 1.94. The fourth-order valence-electron chi connectivity index (χ4n) is 1.14. The van der Waals surface area contributed by atoms with Crippen LogP contribution in [0.3, 0.4) is 0 Å². The third kappa shape index (κ3) is 8.01. The Balaban J connectivity index is 0.000000399. The summed E-state index contributed by atoms with van der Waals surface area (Å²) < 4.78 is 36.9. The van der Waals surface area contributed by atoms with Crippen molar-refractivity contribution >= 4 is 11.9 Å². The molecule has 1 atom stereocenters. The average Bonchev–Trinajstić information content (AvgIpc) is 2.28. The molecule has 0 aromatic heterocycles. The molecule has 0 aromatic carbocycles. The first-order valence-electron chi connectivity index (χ1n) is 4.98. The molecular weight excluding hydrogens is 271 g/mol. The molecule has 2 N–H and O–H groups in total. The van der Waals surface area contributed by atoms with Crippen LogP contribution in [0.1, 0.15) is 0 Å². The second-order valence-corrected chi connectivity index (χ2v) is 3.46. The first kappa shape index (κ1) is 17.2. The van der Waals surface area contributed by atoms with Gasteiger partial charge in [0.15, 0.2) is 0 Å². The lowest BCUT2D eigenvalue weighted by Crippen LogP contribution is -2.44. The normalized spacial score (nSPS) is 19.8. The lowest BCUT2D eigenvalue weighted by Gasteiger charge is -2.28. The van der Waals surface area contributed by atoms with E-state index in [2.05, 4.69) is 5.92 Å². The summed E-state index contributed by atoms with van der Waals surface area (Å²) in [6.45, 7) is 1.72. The second-order valence-electron chi connectivity index (χ2n) is 3.46. The van der Waals surface area contributed by atoms with E-state index in [1.165, 1.54) is 0 Å². The summed E-state index contributed by atoms with van der Waals surface area (Å²) >= 11 is 0. The fraction of sp³-hybridized carbons (Fsp3) is 0.600. The van der Waals surface area contributed by atoms with Gasteiger partial charge < -0.3 is 14.9 Å². The molecule has 0 aliphatic carbocycles. The van der Waals surface area contributed by atoms with Crippen LogP contribution in [-0.2, 0) is 14.3 Å². The minimum absolute atomic E-state index is 0.0432. The third-order valence-corrected chi connectivity index (χ3v) is 1.94. The van der Waals surface area contributed by atoms with E-state index in [1.54, 1.807) is 4.90 Å². The van der Waals surface area contributed by atoms with Crippen LogP contribution in [0.15, 0.2) is 0 Å². The van der Waals surface area contributed by atoms with Crippen LogP contribution in [0, 0.1) is 12.3 Å². The van der Waals surface area contributed by atoms with Crippen LogP contribution >= 0.6 is 0 Å². The van der Waals surface area contributed by atoms with Crippen LogP contribution in [-0.4, -0.2) is 65.6 Å². The maximum Gasteiger partial charge on any atom is 0.490 e. The predicted molar refractivity (Wildman–Crippen MR) is 56.3 cm³/mol. The van der Waals surface area contributed by atoms with Gasteiger partial charge in [0.25, 0.3) is 0 Å². The molecule has 1 fully saturated rings. The van der Waals surface area contributed by atoms with Gasteiger partial charge in [-0.25, -0.2) is 4.79 Å². The second kappa shape index (κ2) is 7.60. The van der Waals surface area contributed by atoms with Gasteiger partial charge in [-0.2, -0.15) is 13.2 Å². The van der Waals surface area contributed by atoms with E-state index in [0.717, 1.165) is 0 Å². The number of carboxylic acid groups (broad SMARTS) is 2. The van der Waals surface area contributed by atoms with Crippen molar-refractivity contribution < 1.29 is 37.7 Å². The van der Waals surface area contributed by atoms with Crippen molar-refractivity contribution in [2.45, 2.75) is 12.3 Å². The highest BCUT2D eigenvalue weighted by molar-refractivity contribution is 5.73. The Morgan fingerprint density at radius 2 is 1.95 bits per heavy atom. The topological polar surface area (TPSA) is 87.1 Å². The summed E-state index contributed by atoms with van der Waals surface area (Å²) in [4.78, 5) is 21.0. The first-order valence-corrected chi connectivity index (χ1v) is 4.98. The Hall–Kier alpha value is -1.79. The van der Waals surface area contributed by atoms with Gasteiger partial charge in [0, 0.05) is 13.1 Å². The molecule has 19 heavy (non-hydrogen) atoms. The maximum absolute atomic E-state index is 10.6. The van der Waals surface area contributed by atoms with Gasteiger partial charge in [-0.1, -0.05) is 5.92 Å². The van der Waals surface area contributed by atoms with E-state index >= 15 is 0 Å². The zero-order chi connectivity index (χ0) is 15.1. The van der Waals surface area contributed by atoms with Crippen molar-refractivity contribution in [2.24, 2.45) is 0 Å². The Morgan fingerprint density at radius 1 is 1.42 bits per heavy atom. The highest BCUT2D eigenvalue weighted by atomic mass is 19.4. The number of nitrogens with zero attached hydrogens (tertiary/aromatic N) is 1. The average molecular weight is 283 g/mol. The van der Waals surface area contributed by atoms with Gasteiger partial charge in [-0.3, -0.25) is 9.69 Å². The summed E-state index contributed by atoms with van der Waals surface area (Å²) in [5.41, 5.74) is 0. The number of hydrogen-bond acceptors (Lipinski definition) is 4. The standard InChI is InChI=1S/C8H11NO3.C2HF3O2/c1-2-7-5-9(3-4-12-7)6-8(10)11;3-2(4,5)1(6)7/h1,7H,3-6H2,(H,10,11);(H,6,7). The van der Waals surface area contributed by atoms with Crippen molar-refractivity contribution in [1.82, 2.24) is 4.90 Å². The molecule has 0 amide bonds. The molecule has 1 heterocycles. The van der Waals surface area contributed by atoms with E-state index in [0.29, 0.717) is 19.7 Å². The van der Waals surface area contributed by atoms with Gasteiger partial charge in [0.1, 0.15) is 6.10 Å². The van der Waals surface area contributed by atoms with Crippen molar-refractivity contribution in [3.8, 4) is 12.3 Å². The number of ether oxygens (including phenoxy) is 1. The van der Waals surface area contributed by atoms with Crippen LogP contribution in [0.5, 0.6) is 0 Å². The summed E-state index contributed by atoms with van der Waals surface area (Å²) in [5.74, 6) is -1.13. The molecule has 0 spiro atoms. The molecule has 1 aliphatic rings. The number of terminal acetylenes is 1.